The number of aliphatic hydroxyl groups excluding tert-OH is 1. The van der Waals surface area contributed by atoms with E-state index in [2.05, 4.69) is 26.0 Å². The van der Waals surface area contributed by atoms with Crippen LogP contribution in [0.2, 0.25) is 0 Å². The third kappa shape index (κ3) is 2.65. The molecule has 1 N–H and O–H groups in total. The summed E-state index contributed by atoms with van der Waals surface area (Å²) in [6, 6.07) is 10.1. The van der Waals surface area contributed by atoms with Crippen LogP contribution in [-0.2, 0) is 0 Å². The van der Waals surface area contributed by atoms with Crippen molar-refractivity contribution in [3.05, 3.63) is 59.0 Å². The predicted molar refractivity (Wildman–Crippen MR) is 72.7 cm³/mol. The minimum absolute atomic E-state index is 0.562. The van der Waals surface area contributed by atoms with Gasteiger partial charge in [0.15, 0.2) is 0 Å². The van der Waals surface area contributed by atoms with Crippen LogP contribution in [0, 0.1) is 6.92 Å². The number of aryl methyl sites for hydroxylation is 1. The third-order valence-corrected chi connectivity index (χ3v) is 3.50. The second-order valence-corrected chi connectivity index (χ2v) is 4.87. The maximum atomic E-state index is 10.2. The van der Waals surface area contributed by atoms with Crippen LogP contribution in [0.5, 0.6) is 0 Å². The van der Waals surface area contributed by atoms with E-state index < -0.39 is 6.10 Å². The van der Waals surface area contributed by atoms with Gasteiger partial charge in [0.05, 0.1) is 6.26 Å². The summed E-state index contributed by atoms with van der Waals surface area (Å²) in [5.74, 6) is 1.38. The number of hydrogen-bond donors (Lipinski definition) is 1. The summed E-state index contributed by atoms with van der Waals surface area (Å²) < 4.78 is 5.23. The minimum Gasteiger partial charge on any atom is -0.469 e. The smallest absolute Gasteiger partial charge is 0.107 e. The second kappa shape index (κ2) is 5.40. The Bertz CT molecular complexity index is 496. The summed E-state index contributed by atoms with van der Waals surface area (Å²) in [5, 5.41) is 10.2. The molecule has 2 unspecified atom stereocenters. The van der Waals surface area contributed by atoms with Crippen LogP contribution < -0.4 is 0 Å². The lowest BCUT2D eigenvalue weighted by Crippen LogP contribution is -1.99. The van der Waals surface area contributed by atoms with E-state index in [4.69, 9.17) is 4.42 Å². The van der Waals surface area contributed by atoms with Gasteiger partial charge >= 0.3 is 0 Å². The Labute approximate surface area is 108 Å². The van der Waals surface area contributed by atoms with Gasteiger partial charge in [-0.15, -0.1) is 0 Å². The van der Waals surface area contributed by atoms with Crippen LogP contribution in [0.15, 0.2) is 41.0 Å². The van der Waals surface area contributed by atoms with E-state index in [1.807, 2.05) is 25.1 Å². The van der Waals surface area contributed by atoms with Crippen LogP contribution in [0.1, 0.15) is 54.7 Å². The van der Waals surface area contributed by atoms with Crippen molar-refractivity contribution in [1.29, 1.82) is 0 Å². The Morgan fingerprint density at radius 3 is 2.22 bits per heavy atom. The van der Waals surface area contributed by atoms with Gasteiger partial charge in [0.1, 0.15) is 11.9 Å². The lowest BCUT2D eigenvalue weighted by molar-refractivity contribution is 0.219. The zero-order valence-corrected chi connectivity index (χ0v) is 11.2. The molecule has 0 spiro atoms. The van der Waals surface area contributed by atoms with Crippen molar-refractivity contribution >= 4 is 0 Å². The summed E-state index contributed by atoms with van der Waals surface area (Å²) in [4.78, 5) is 0. The van der Waals surface area contributed by atoms with Gasteiger partial charge < -0.3 is 9.52 Å². The maximum Gasteiger partial charge on any atom is 0.107 e. The molecule has 2 atom stereocenters. The Morgan fingerprint density at radius 1 is 1.11 bits per heavy atom. The molecule has 0 fully saturated rings. The molecule has 1 aromatic carbocycles. The summed E-state index contributed by atoms with van der Waals surface area (Å²) in [7, 11) is 0. The number of furan rings is 1. The molecule has 0 radical (unpaired) electrons. The van der Waals surface area contributed by atoms with Crippen LogP contribution in [-0.4, -0.2) is 5.11 Å². The molecule has 1 aromatic heterocycles. The molecule has 0 bridgehead atoms. The molecule has 2 aromatic rings. The SMILES string of the molecule is CCC(C)c1ccc(C(O)c2coc(C)c2)cc1. The first-order valence-corrected chi connectivity index (χ1v) is 6.44. The first-order valence-electron chi connectivity index (χ1n) is 6.44. The van der Waals surface area contributed by atoms with E-state index in [0.29, 0.717) is 5.92 Å². The fourth-order valence-corrected chi connectivity index (χ4v) is 2.04. The van der Waals surface area contributed by atoms with Crippen LogP contribution >= 0.6 is 0 Å². The van der Waals surface area contributed by atoms with Crippen molar-refractivity contribution in [1.82, 2.24) is 0 Å². The molecular formula is C16H20O2. The largest absolute Gasteiger partial charge is 0.469 e. The van der Waals surface area contributed by atoms with E-state index >= 15 is 0 Å². The summed E-state index contributed by atoms with van der Waals surface area (Å²) >= 11 is 0. The number of benzene rings is 1. The molecule has 0 aliphatic heterocycles. The van der Waals surface area contributed by atoms with Crippen LogP contribution in [0.25, 0.3) is 0 Å². The molecule has 0 saturated heterocycles. The molecule has 0 saturated carbocycles. The van der Waals surface area contributed by atoms with Crippen molar-refractivity contribution in [2.24, 2.45) is 0 Å². The van der Waals surface area contributed by atoms with Gasteiger partial charge in [-0.25, -0.2) is 0 Å². The van der Waals surface area contributed by atoms with E-state index in [0.717, 1.165) is 23.3 Å². The molecule has 0 amide bonds. The summed E-state index contributed by atoms with van der Waals surface area (Å²) in [5.41, 5.74) is 3.03. The minimum atomic E-state index is -0.603. The Hall–Kier alpha value is -1.54. The highest BCUT2D eigenvalue weighted by Gasteiger charge is 2.13. The zero-order chi connectivity index (χ0) is 13.1. The quantitative estimate of drug-likeness (QED) is 0.875. The molecule has 2 rings (SSSR count). The highest BCUT2D eigenvalue weighted by Crippen LogP contribution is 2.26. The monoisotopic (exact) mass is 244 g/mol. The maximum absolute atomic E-state index is 10.2. The van der Waals surface area contributed by atoms with Gasteiger partial charge in [-0.1, -0.05) is 38.1 Å². The highest BCUT2D eigenvalue weighted by molar-refractivity contribution is 5.32. The van der Waals surface area contributed by atoms with Crippen molar-refractivity contribution in [2.75, 3.05) is 0 Å². The zero-order valence-electron chi connectivity index (χ0n) is 11.2. The first kappa shape index (κ1) is 12.9. The molecule has 96 valence electrons. The number of aliphatic hydroxyl groups is 1. The van der Waals surface area contributed by atoms with Crippen LogP contribution in [0.4, 0.5) is 0 Å². The van der Waals surface area contributed by atoms with Crippen molar-refractivity contribution < 1.29 is 9.52 Å². The van der Waals surface area contributed by atoms with Crippen molar-refractivity contribution in [2.45, 2.75) is 39.2 Å². The Kier molecular flexibility index (Phi) is 3.87. The lowest BCUT2D eigenvalue weighted by Gasteiger charge is -2.12. The normalized spacial score (nSPS) is 14.4. The van der Waals surface area contributed by atoms with E-state index in [1.54, 1.807) is 6.26 Å². The van der Waals surface area contributed by atoms with Gasteiger partial charge in [-0.3, -0.25) is 0 Å². The molecular weight excluding hydrogens is 224 g/mol. The fraction of sp³-hybridized carbons (Fsp3) is 0.375. The van der Waals surface area contributed by atoms with Gasteiger partial charge in [-0.2, -0.15) is 0 Å². The molecule has 18 heavy (non-hydrogen) atoms. The average molecular weight is 244 g/mol. The summed E-state index contributed by atoms with van der Waals surface area (Å²) in [6.07, 6.45) is 2.14. The number of rotatable bonds is 4. The average Bonchev–Trinajstić information content (AvgIpc) is 2.84. The molecule has 0 aliphatic rings. The predicted octanol–water partition coefficient (Wildman–Crippen LogP) is 4.18. The highest BCUT2D eigenvalue weighted by atomic mass is 16.3. The molecule has 1 heterocycles. The second-order valence-electron chi connectivity index (χ2n) is 4.87. The molecule has 2 heteroatoms. The van der Waals surface area contributed by atoms with Gasteiger partial charge in [0, 0.05) is 5.56 Å². The third-order valence-electron chi connectivity index (χ3n) is 3.50. The van der Waals surface area contributed by atoms with Gasteiger partial charge in [-0.05, 0) is 36.5 Å². The van der Waals surface area contributed by atoms with Crippen LogP contribution in [0.3, 0.4) is 0 Å². The lowest BCUT2D eigenvalue weighted by atomic mass is 9.95. The Balaban J connectivity index is 2.19. The first-order chi connectivity index (χ1) is 8.61. The molecule has 0 aliphatic carbocycles. The van der Waals surface area contributed by atoms with E-state index in [-0.39, 0.29) is 0 Å². The van der Waals surface area contributed by atoms with Crippen molar-refractivity contribution in [3.63, 3.8) is 0 Å². The standard InChI is InChI=1S/C16H20O2/c1-4-11(2)13-5-7-14(8-6-13)16(17)15-9-12(3)18-10-15/h5-11,16-17H,4H2,1-3H3. The van der Waals surface area contributed by atoms with Gasteiger partial charge in [0.2, 0.25) is 0 Å². The van der Waals surface area contributed by atoms with Gasteiger partial charge in [0.25, 0.3) is 0 Å². The molecule has 2 nitrogen and oxygen atoms in total. The number of hydrogen-bond acceptors (Lipinski definition) is 2. The van der Waals surface area contributed by atoms with E-state index in [1.165, 1.54) is 5.56 Å². The Morgan fingerprint density at radius 2 is 1.72 bits per heavy atom. The van der Waals surface area contributed by atoms with E-state index in [9.17, 15) is 5.11 Å². The van der Waals surface area contributed by atoms with Crippen molar-refractivity contribution in [3.8, 4) is 0 Å². The topological polar surface area (TPSA) is 33.4 Å². The fourth-order valence-electron chi connectivity index (χ4n) is 2.04. The summed E-state index contributed by atoms with van der Waals surface area (Å²) in [6.45, 7) is 6.27.